The summed E-state index contributed by atoms with van der Waals surface area (Å²) in [5, 5.41) is 14.3. The van der Waals surface area contributed by atoms with Crippen LogP contribution in [0.25, 0.3) is 0 Å². The fraction of sp³-hybridized carbons (Fsp3) is 0.600. The van der Waals surface area contributed by atoms with Gasteiger partial charge in [-0.15, -0.1) is 0 Å². The second-order valence-electron chi connectivity index (χ2n) is 8.28. The monoisotopic (exact) mass is 382 g/mol. The van der Waals surface area contributed by atoms with E-state index in [0.717, 1.165) is 55.6 Å². The van der Waals surface area contributed by atoms with E-state index in [1.807, 2.05) is 31.3 Å². The number of piperidine rings is 1. The van der Waals surface area contributed by atoms with E-state index in [9.17, 15) is 9.90 Å². The summed E-state index contributed by atoms with van der Waals surface area (Å²) in [7, 11) is 1.84. The number of hydrogen-bond acceptors (Lipinski definition) is 6. The predicted octanol–water partition coefficient (Wildman–Crippen LogP) is 1.38. The number of β-amino-alcohol motifs (C(OH)–C–C–N with tert-alkyl or cyclic N) is 1. The van der Waals surface area contributed by atoms with E-state index in [1.165, 1.54) is 0 Å². The van der Waals surface area contributed by atoms with Crippen molar-refractivity contribution in [2.75, 3.05) is 18.0 Å². The molecular weight excluding hydrogens is 356 g/mol. The fourth-order valence-corrected chi connectivity index (χ4v) is 5.01. The molecule has 5 heterocycles. The Kier molecular flexibility index (Phi) is 4.12. The number of hydrogen-bond donors (Lipinski definition) is 1. The number of aliphatic hydroxyl groups excluding tert-OH is 1. The number of aliphatic hydroxyl groups is 1. The summed E-state index contributed by atoms with van der Waals surface area (Å²) in [6.45, 7) is 3.36. The molecule has 5 rings (SSSR count). The zero-order valence-corrected chi connectivity index (χ0v) is 16.4. The highest BCUT2D eigenvalue weighted by molar-refractivity contribution is 5.96. The molecule has 0 radical (unpaired) electrons. The van der Waals surface area contributed by atoms with E-state index in [-0.39, 0.29) is 24.1 Å². The number of nitrogens with zero attached hydrogens (tertiary/aromatic N) is 6. The number of rotatable bonds is 2. The van der Waals surface area contributed by atoms with Gasteiger partial charge >= 0.3 is 0 Å². The molecule has 0 unspecified atom stereocenters. The minimum absolute atomic E-state index is 0.0434. The zero-order chi connectivity index (χ0) is 19.4. The number of carbonyl (C=O) groups is 1. The molecule has 3 atom stereocenters. The van der Waals surface area contributed by atoms with Crippen LogP contribution < -0.4 is 4.90 Å². The molecule has 3 aliphatic heterocycles. The van der Waals surface area contributed by atoms with Crippen molar-refractivity contribution in [2.24, 2.45) is 7.05 Å². The van der Waals surface area contributed by atoms with Crippen LogP contribution in [-0.4, -0.2) is 60.9 Å². The lowest BCUT2D eigenvalue weighted by molar-refractivity contribution is 0.0643. The van der Waals surface area contributed by atoms with Crippen LogP contribution in [0.4, 0.5) is 5.95 Å². The molecule has 8 heteroatoms. The molecule has 3 aliphatic rings. The van der Waals surface area contributed by atoms with Gasteiger partial charge in [0.05, 0.1) is 29.1 Å². The van der Waals surface area contributed by atoms with Crippen LogP contribution in [0.3, 0.4) is 0 Å². The molecule has 0 aromatic carbocycles. The third-order valence-electron chi connectivity index (χ3n) is 6.34. The average Bonchev–Trinajstić information content (AvgIpc) is 3.18. The summed E-state index contributed by atoms with van der Waals surface area (Å²) in [4.78, 5) is 26.8. The summed E-state index contributed by atoms with van der Waals surface area (Å²) in [5.41, 5.74) is 3.59. The Morgan fingerprint density at radius 1 is 1.29 bits per heavy atom. The first-order valence-corrected chi connectivity index (χ1v) is 10.1. The average molecular weight is 382 g/mol. The zero-order valence-electron chi connectivity index (χ0n) is 16.4. The standard InChI is InChI=1S/C20H26N6O2/c1-12-16(11-24(2)23-12)19(28)26-13-5-6-18(26)15-9-21-20(22-17(15)8-13)25-7-3-4-14(27)10-25/h9,11,13-14,18,27H,3-8,10H2,1-2H3/t13-,14+,18+/m1/s1. The Morgan fingerprint density at radius 2 is 2.14 bits per heavy atom. The highest BCUT2D eigenvalue weighted by Crippen LogP contribution is 2.44. The van der Waals surface area contributed by atoms with Gasteiger partial charge in [0, 0.05) is 50.6 Å². The fourth-order valence-electron chi connectivity index (χ4n) is 5.01. The van der Waals surface area contributed by atoms with Crippen LogP contribution in [0.1, 0.15) is 59.0 Å². The van der Waals surface area contributed by atoms with Crippen LogP contribution in [0, 0.1) is 6.92 Å². The maximum atomic E-state index is 13.3. The van der Waals surface area contributed by atoms with Crippen molar-refractivity contribution in [1.29, 1.82) is 0 Å². The first-order valence-electron chi connectivity index (χ1n) is 10.1. The Labute approximate surface area is 164 Å². The lowest BCUT2D eigenvalue weighted by Crippen LogP contribution is -2.43. The lowest BCUT2D eigenvalue weighted by Gasteiger charge is -2.36. The van der Waals surface area contributed by atoms with Crippen LogP contribution in [-0.2, 0) is 13.5 Å². The van der Waals surface area contributed by atoms with Gasteiger partial charge in [0.25, 0.3) is 5.91 Å². The van der Waals surface area contributed by atoms with Crippen molar-refractivity contribution in [3.8, 4) is 0 Å². The minimum atomic E-state index is -0.305. The van der Waals surface area contributed by atoms with Gasteiger partial charge in [0.1, 0.15) is 0 Å². The molecule has 2 bridgehead atoms. The van der Waals surface area contributed by atoms with Crippen LogP contribution in [0.2, 0.25) is 0 Å². The second kappa shape index (κ2) is 6.55. The third-order valence-corrected chi connectivity index (χ3v) is 6.34. The number of amides is 1. The van der Waals surface area contributed by atoms with Crippen molar-refractivity contribution in [3.05, 3.63) is 34.9 Å². The predicted molar refractivity (Wildman–Crippen MR) is 103 cm³/mol. The lowest BCUT2D eigenvalue weighted by atomic mass is 9.98. The van der Waals surface area contributed by atoms with Gasteiger partial charge in [-0.3, -0.25) is 9.48 Å². The van der Waals surface area contributed by atoms with Gasteiger partial charge in [-0.2, -0.15) is 5.10 Å². The number of anilines is 1. The van der Waals surface area contributed by atoms with E-state index < -0.39 is 0 Å². The molecule has 1 N–H and O–H groups in total. The first kappa shape index (κ1) is 17.6. The van der Waals surface area contributed by atoms with Gasteiger partial charge in [0.2, 0.25) is 5.95 Å². The van der Waals surface area contributed by atoms with Crippen molar-refractivity contribution < 1.29 is 9.90 Å². The quantitative estimate of drug-likeness (QED) is 0.844. The van der Waals surface area contributed by atoms with Gasteiger partial charge in [-0.1, -0.05) is 0 Å². The number of fused-ring (bicyclic) bond motifs is 4. The van der Waals surface area contributed by atoms with Gasteiger partial charge in [-0.05, 0) is 32.6 Å². The molecule has 0 spiro atoms. The molecule has 28 heavy (non-hydrogen) atoms. The normalized spacial score (nSPS) is 26.5. The SMILES string of the molecule is Cc1nn(C)cc1C(=O)N1[C@@H]2CC[C@H]1c1cnc(N3CCC[C@H](O)C3)nc1C2. The van der Waals surface area contributed by atoms with E-state index in [0.29, 0.717) is 18.1 Å². The van der Waals surface area contributed by atoms with Crippen LogP contribution in [0.5, 0.6) is 0 Å². The summed E-state index contributed by atoms with van der Waals surface area (Å²) in [6, 6.07) is 0.223. The van der Waals surface area contributed by atoms with Crippen molar-refractivity contribution in [3.63, 3.8) is 0 Å². The maximum Gasteiger partial charge on any atom is 0.258 e. The maximum absolute atomic E-state index is 13.3. The summed E-state index contributed by atoms with van der Waals surface area (Å²) >= 11 is 0. The van der Waals surface area contributed by atoms with Crippen molar-refractivity contribution >= 4 is 11.9 Å². The topological polar surface area (TPSA) is 87.4 Å². The van der Waals surface area contributed by atoms with Crippen LogP contribution >= 0.6 is 0 Å². The molecule has 2 aromatic heterocycles. The largest absolute Gasteiger partial charge is 0.391 e. The van der Waals surface area contributed by atoms with Crippen molar-refractivity contribution in [1.82, 2.24) is 24.6 Å². The molecule has 148 valence electrons. The van der Waals surface area contributed by atoms with Crippen molar-refractivity contribution in [2.45, 2.75) is 57.2 Å². The smallest absolute Gasteiger partial charge is 0.258 e. The summed E-state index contributed by atoms with van der Waals surface area (Å²) in [5.74, 6) is 0.770. The minimum Gasteiger partial charge on any atom is -0.391 e. The molecule has 8 nitrogen and oxygen atoms in total. The molecular formula is C20H26N6O2. The Hall–Kier alpha value is -2.48. The Morgan fingerprint density at radius 3 is 2.89 bits per heavy atom. The Balaban J connectivity index is 1.44. The molecule has 1 amide bonds. The summed E-state index contributed by atoms with van der Waals surface area (Å²) < 4.78 is 1.70. The molecule has 0 aliphatic carbocycles. The van der Waals surface area contributed by atoms with Gasteiger partial charge in [-0.25, -0.2) is 9.97 Å². The highest BCUT2D eigenvalue weighted by Gasteiger charge is 2.44. The van der Waals surface area contributed by atoms with E-state index in [4.69, 9.17) is 4.98 Å². The summed E-state index contributed by atoms with van der Waals surface area (Å²) in [6.07, 6.45) is 7.92. The highest BCUT2D eigenvalue weighted by atomic mass is 16.3. The van der Waals surface area contributed by atoms with Gasteiger partial charge < -0.3 is 14.9 Å². The van der Waals surface area contributed by atoms with E-state index >= 15 is 0 Å². The molecule has 2 saturated heterocycles. The number of aromatic nitrogens is 4. The molecule has 2 aromatic rings. The first-order chi connectivity index (χ1) is 13.5. The van der Waals surface area contributed by atoms with Gasteiger partial charge in [0.15, 0.2) is 0 Å². The molecule has 2 fully saturated rings. The number of aryl methyl sites for hydroxylation is 2. The molecule has 0 saturated carbocycles. The second-order valence-corrected chi connectivity index (χ2v) is 8.28. The third kappa shape index (κ3) is 2.78. The van der Waals surface area contributed by atoms with E-state index in [2.05, 4.69) is 15.0 Å². The van der Waals surface area contributed by atoms with Crippen LogP contribution in [0.15, 0.2) is 12.4 Å². The Bertz CT molecular complexity index is 925. The van der Waals surface area contributed by atoms with E-state index in [1.54, 1.807) is 4.68 Å². The number of carbonyl (C=O) groups excluding carboxylic acids is 1.